The SMILES string of the molecule is Cc1c(F)ccc(F)c1-c1ccc2nc(NC(=O)C3CC3F)cn2c1. The number of fused-ring (bicyclic) bond motifs is 1. The maximum absolute atomic E-state index is 14.1. The molecular formula is C18H14F3N3O. The van der Waals surface area contributed by atoms with Gasteiger partial charge in [-0.05, 0) is 43.2 Å². The fourth-order valence-corrected chi connectivity index (χ4v) is 2.86. The predicted octanol–water partition coefficient (Wildman–Crippen LogP) is 3.88. The number of hydrogen-bond donors (Lipinski definition) is 1. The van der Waals surface area contributed by atoms with Crippen LogP contribution in [-0.4, -0.2) is 21.5 Å². The molecule has 1 amide bonds. The summed E-state index contributed by atoms with van der Waals surface area (Å²) in [5.74, 6) is -1.72. The molecule has 0 radical (unpaired) electrons. The second kappa shape index (κ2) is 5.61. The van der Waals surface area contributed by atoms with E-state index in [1.54, 1.807) is 28.9 Å². The van der Waals surface area contributed by atoms with Crippen LogP contribution in [0.5, 0.6) is 0 Å². The van der Waals surface area contributed by atoms with Crippen LogP contribution in [0.1, 0.15) is 12.0 Å². The van der Waals surface area contributed by atoms with Gasteiger partial charge in [-0.15, -0.1) is 0 Å². The summed E-state index contributed by atoms with van der Waals surface area (Å²) in [6.07, 6.45) is 2.32. The highest BCUT2D eigenvalue weighted by molar-refractivity contribution is 5.94. The molecule has 1 saturated carbocycles. The summed E-state index contributed by atoms with van der Waals surface area (Å²) >= 11 is 0. The number of alkyl halides is 1. The number of pyridine rings is 1. The van der Waals surface area contributed by atoms with E-state index in [-0.39, 0.29) is 23.4 Å². The number of imidazole rings is 1. The van der Waals surface area contributed by atoms with Crippen molar-refractivity contribution >= 4 is 17.4 Å². The quantitative estimate of drug-likeness (QED) is 0.783. The van der Waals surface area contributed by atoms with Crippen LogP contribution in [0.3, 0.4) is 0 Å². The van der Waals surface area contributed by atoms with E-state index in [1.165, 1.54) is 6.92 Å². The summed E-state index contributed by atoms with van der Waals surface area (Å²) in [4.78, 5) is 16.0. The summed E-state index contributed by atoms with van der Waals surface area (Å²) < 4.78 is 42.4. The Morgan fingerprint density at radius 1 is 1.20 bits per heavy atom. The molecule has 2 unspecified atom stereocenters. The van der Waals surface area contributed by atoms with Crippen LogP contribution in [-0.2, 0) is 4.79 Å². The Hall–Kier alpha value is -2.83. The number of nitrogens with zero attached hydrogens (tertiary/aromatic N) is 2. The van der Waals surface area contributed by atoms with Crippen molar-refractivity contribution in [3.05, 3.63) is 53.9 Å². The second-order valence-electron chi connectivity index (χ2n) is 6.19. The Morgan fingerprint density at radius 3 is 2.64 bits per heavy atom. The van der Waals surface area contributed by atoms with Crippen LogP contribution in [0.15, 0.2) is 36.7 Å². The monoisotopic (exact) mass is 345 g/mol. The molecule has 1 N–H and O–H groups in total. The van der Waals surface area contributed by atoms with Crippen molar-refractivity contribution in [2.24, 2.45) is 5.92 Å². The molecule has 0 aliphatic heterocycles. The molecule has 1 aromatic carbocycles. The van der Waals surface area contributed by atoms with E-state index in [1.807, 2.05) is 0 Å². The third kappa shape index (κ3) is 2.75. The molecule has 3 aromatic rings. The zero-order valence-electron chi connectivity index (χ0n) is 13.3. The highest BCUT2D eigenvalue weighted by Gasteiger charge is 2.43. The van der Waals surface area contributed by atoms with Gasteiger partial charge in [-0.25, -0.2) is 18.2 Å². The molecular weight excluding hydrogens is 331 g/mol. The van der Waals surface area contributed by atoms with Crippen molar-refractivity contribution < 1.29 is 18.0 Å². The van der Waals surface area contributed by atoms with Gasteiger partial charge in [-0.2, -0.15) is 0 Å². The molecule has 7 heteroatoms. The molecule has 128 valence electrons. The van der Waals surface area contributed by atoms with Gasteiger partial charge in [0.25, 0.3) is 0 Å². The van der Waals surface area contributed by atoms with E-state index in [9.17, 15) is 18.0 Å². The van der Waals surface area contributed by atoms with Gasteiger partial charge in [-0.1, -0.05) is 0 Å². The Morgan fingerprint density at radius 2 is 1.92 bits per heavy atom. The number of amides is 1. The van der Waals surface area contributed by atoms with Crippen LogP contribution < -0.4 is 5.32 Å². The Bertz CT molecular complexity index is 999. The minimum Gasteiger partial charge on any atom is -0.309 e. The number of nitrogens with one attached hydrogen (secondary N) is 1. The molecule has 0 spiro atoms. The average molecular weight is 345 g/mol. The zero-order chi connectivity index (χ0) is 17.7. The summed E-state index contributed by atoms with van der Waals surface area (Å²) in [6, 6.07) is 5.46. The minimum atomic E-state index is -1.08. The van der Waals surface area contributed by atoms with Gasteiger partial charge in [-0.3, -0.25) is 4.79 Å². The highest BCUT2D eigenvalue weighted by Crippen LogP contribution is 2.34. The van der Waals surface area contributed by atoms with Crippen molar-refractivity contribution in [2.45, 2.75) is 19.5 Å². The van der Waals surface area contributed by atoms with E-state index in [0.29, 0.717) is 11.2 Å². The van der Waals surface area contributed by atoms with Crippen LogP contribution in [0.2, 0.25) is 0 Å². The van der Waals surface area contributed by atoms with Gasteiger partial charge in [0.05, 0.1) is 12.1 Å². The fraction of sp³-hybridized carbons (Fsp3) is 0.222. The lowest BCUT2D eigenvalue weighted by molar-refractivity contribution is -0.117. The van der Waals surface area contributed by atoms with E-state index in [0.717, 1.165) is 12.1 Å². The molecule has 2 aromatic heterocycles. The van der Waals surface area contributed by atoms with Crippen LogP contribution in [0.4, 0.5) is 19.0 Å². The number of carbonyl (C=O) groups excluding carboxylic acids is 1. The zero-order valence-corrected chi connectivity index (χ0v) is 13.3. The van der Waals surface area contributed by atoms with Gasteiger partial charge in [0.1, 0.15) is 23.5 Å². The Labute approximate surface area is 141 Å². The van der Waals surface area contributed by atoms with Crippen molar-refractivity contribution in [1.29, 1.82) is 0 Å². The summed E-state index contributed by atoms with van der Waals surface area (Å²) in [5, 5.41) is 2.57. The summed E-state index contributed by atoms with van der Waals surface area (Å²) in [6.45, 7) is 1.51. The van der Waals surface area contributed by atoms with Crippen molar-refractivity contribution in [2.75, 3.05) is 5.32 Å². The smallest absolute Gasteiger partial charge is 0.231 e. The molecule has 4 nitrogen and oxygen atoms in total. The van der Waals surface area contributed by atoms with Gasteiger partial charge in [0.15, 0.2) is 5.82 Å². The van der Waals surface area contributed by atoms with Crippen molar-refractivity contribution in [1.82, 2.24) is 9.38 Å². The van der Waals surface area contributed by atoms with Gasteiger partial charge < -0.3 is 9.72 Å². The molecule has 1 fully saturated rings. The lowest BCUT2D eigenvalue weighted by Gasteiger charge is -2.09. The number of halogens is 3. The average Bonchev–Trinajstić information content (AvgIpc) is 3.17. The number of aromatic nitrogens is 2. The number of rotatable bonds is 3. The summed E-state index contributed by atoms with van der Waals surface area (Å²) in [7, 11) is 0. The Kier molecular flexibility index (Phi) is 3.52. The van der Waals surface area contributed by atoms with E-state index < -0.39 is 29.6 Å². The van der Waals surface area contributed by atoms with E-state index >= 15 is 0 Å². The first kappa shape index (κ1) is 15.7. The number of anilines is 1. The first-order chi connectivity index (χ1) is 11.9. The largest absolute Gasteiger partial charge is 0.309 e. The van der Waals surface area contributed by atoms with Crippen molar-refractivity contribution in [3.63, 3.8) is 0 Å². The molecule has 25 heavy (non-hydrogen) atoms. The first-order valence-corrected chi connectivity index (χ1v) is 7.82. The lowest BCUT2D eigenvalue weighted by atomic mass is 10.0. The van der Waals surface area contributed by atoms with Gasteiger partial charge >= 0.3 is 0 Å². The lowest BCUT2D eigenvalue weighted by Crippen LogP contribution is -2.15. The van der Waals surface area contributed by atoms with E-state index in [4.69, 9.17) is 0 Å². The molecule has 2 heterocycles. The predicted molar refractivity (Wildman–Crippen MR) is 86.9 cm³/mol. The summed E-state index contributed by atoms with van der Waals surface area (Å²) in [5.41, 5.74) is 1.42. The number of carbonyl (C=O) groups is 1. The third-order valence-corrected chi connectivity index (χ3v) is 4.39. The molecule has 2 atom stereocenters. The molecule has 4 rings (SSSR count). The minimum absolute atomic E-state index is 0.180. The highest BCUT2D eigenvalue weighted by atomic mass is 19.1. The van der Waals surface area contributed by atoms with E-state index in [2.05, 4.69) is 10.3 Å². The molecule has 0 bridgehead atoms. The third-order valence-electron chi connectivity index (χ3n) is 4.39. The molecule has 0 saturated heterocycles. The first-order valence-electron chi connectivity index (χ1n) is 7.82. The maximum Gasteiger partial charge on any atom is 0.231 e. The van der Waals surface area contributed by atoms with Gasteiger partial charge in [0, 0.05) is 17.3 Å². The maximum atomic E-state index is 14.1. The fourth-order valence-electron chi connectivity index (χ4n) is 2.86. The normalized spacial score (nSPS) is 19.2. The van der Waals surface area contributed by atoms with Crippen LogP contribution >= 0.6 is 0 Å². The molecule has 1 aliphatic rings. The Balaban J connectivity index is 1.69. The van der Waals surface area contributed by atoms with Crippen molar-refractivity contribution in [3.8, 4) is 11.1 Å². The van der Waals surface area contributed by atoms with Gasteiger partial charge in [0.2, 0.25) is 5.91 Å². The van der Waals surface area contributed by atoms with Crippen LogP contribution in [0, 0.1) is 24.5 Å². The second-order valence-corrected chi connectivity index (χ2v) is 6.19. The standard InChI is InChI=1S/C18H14F3N3O/c1-9-12(19)3-4-13(20)17(9)10-2-5-16-22-15(8-24(16)7-10)23-18(25)11-6-14(11)21/h2-5,7-8,11,14H,6H2,1H3,(H,23,25). The topological polar surface area (TPSA) is 46.4 Å². The number of benzene rings is 1. The number of hydrogen-bond acceptors (Lipinski definition) is 2. The molecule has 1 aliphatic carbocycles. The van der Waals surface area contributed by atoms with Crippen LogP contribution in [0.25, 0.3) is 16.8 Å².